The highest BCUT2D eigenvalue weighted by atomic mass is 35.5. The van der Waals surface area contributed by atoms with E-state index in [0.29, 0.717) is 28.0 Å². The summed E-state index contributed by atoms with van der Waals surface area (Å²) in [5.74, 6) is 4.59. The predicted octanol–water partition coefficient (Wildman–Crippen LogP) is 7.13. The summed E-state index contributed by atoms with van der Waals surface area (Å²) in [4.78, 5) is 17.5. The van der Waals surface area contributed by atoms with E-state index in [1.807, 2.05) is 25.1 Å². The van der Waals surface area contributed by atoms with Crippen LogP contribution in [0.25, 0.3) is 16.9 Å². The molecule has 2 aromatic heterocycles. The third-order valence-electron chi connectivity index (χ3n) is 8.83. The smallest absolute Gasteiger partial charge is 0.272 e. The van der Waals surface area contributed by atoms with Gasteiger partial charge in [0.25, 0.3) is 5.91 Å². The summed E-state index contributed by atoms with van der Waals surface area (Å²) in [6, 6.07) is 9.12. The van der Waals surface area contributed by atoms with Gasteiger partial charge in [-0.05, 0) is 112 Å². The van der Waals surface area contributed by atoms with Gasteiger partial charge in [-0.15, -0.1) is 0 Å². The Morgan fingerprint density at radius 3 is 2.50 bits per heavy atom. The summed E-state index contributed by atoms with van der Waals surface area (Å²) in [6.07, 6.45) is 13.0. The number of benzene rings is 1. The molecule has 4 fully saturated rings. The Labute approximate surface area is 222 Å². The number of pyridine rings is 1. The number of carbonyl (C=O) groups excluding carboxylic acids is 1. The molecule has 7 heteroatoms. The maximum absolute atomic E-state index is 13.3. The van der Waals surface area contributed by atoms with E-state index in [1.165, 1.54) is 38.5 Å². The Morgan fingerprint density at radius 2 is 1.83 bits per heavy atom. The topological polar surface area (TPSA) is 59.8 Å². The van der Waals surface area contributed by atoms with E-state index in [9.17, 15) is 4.79 Å². The number of halogens is 2. The van der Waals surface area contributed by atoms with Crippen molar-refractivity contribution in [1.82, 2.24) is 20.1 Å². The first-order valence-corrected chi connectivity index (χ1v) is 14.0. The molecule has 4 aliphatic carbocycles. The van der Waals surface area contributed by atoms with Crippen molar-refractivity contribution in [3.05, 3.63) is 64.0 Å². The molecule has 5 nitrogen and oxygen atoms in total. The van der Waals surface area contributed by atoms with Gasteiger partial charge in [0.05, 0.1) is 16.4 Å². The van der Waals surface area contributed by atoms with Crippen LogP contribution in [-0.2, 0) is 0 Å². The molecule has 0 radical (unpaired) electrons. The average Bonchev–Trinajstić information content (AvgIpc) is 3.20. The highest BCUT2D eigenvalue weighted by molar-refractivity contribution is 6.35. The van der Waals surface area contributed by atoms with Crippen molar-refractivity contribution in [3.63, 3.8) is 0 Å². The minimum Gasteiger partial charge on any atom is -0.351 e. The lowest BCUT2D eigenvalue weighted by Crippen LogP contribution is -2.45. The van der Waals surface area contributed by atoms with Crippen molar-refractivity contribution in [1.29, 1.82) is 0 Å². The molecule has 1 amide bonds. The lowest BCUT2D eigenvalue weighted by atomic mass is 9.51. The Balaban J connectivity index is 1.18. The fraction of sp³-hybridized carbons (Fsp3) is 0.483. The zero-order valence-corrected chi connectivity index (χ0v) is 22.1. The molecule has 4 bridgehead atoms. The van der Waals surface area contributed by atoms with E-state index in [2.05, 4.69) is 10.3 Å². The second kappa shape index (κ2) is 9.83. The second-order valence-electron chi connectivity index (χ2n) is 11.1. The molecule has 0 atom stereocenters. The zero-order chi connectivity index (χ0) is 24.8. The van der Waals surface area contributed by atoms with Crippen molar-refractivity contribution in [2.75, 3.05) is 6.54 Å². The van der Waals surface area contributed by atoms with Gasteiger partial charge >= 0.3 is 0 Å². The SMILES string of the molecule is Cc1c(C(=O)NCCCC2C3CC4CC(C3)CC2C4)nn(-c2ccc(Cl)cc2Cl)c1-c1cccnc1. The lowest BCUT2D eigenvalue weighted by molar-refractivity contribution is -0.0401. The Kier molecular flexibility index (Phi) is 6.55. The minimum absolute atomic E-state index is 0.147. The van der Waals surface area contributed by atoms with Gasteiger partial charge in [-0.1, -0.05) is 23.2 Å². The fourth-order valence-electron chi connectivity index (χ4n) is 7.51. The number of hydrogen-bond acceptors (Lipinski definition) is 3. The van der Waals surface area contributed by atoms with Crippen molar-refractivity contribution in [2.45, 2.75) is 51.9 Å². The van der Waals surface area contributed by atoms with Crippen molar-refractivity contribution < 1.29 is 4.79 Å². The fourth-order valence-corrected chi connectivity index (χ4v) is 8.00. The van der Waals surface area contributed by atoms with Crippen molar-refractivity contribution in [2.24, 2.45) is 29.6 Å². The first-order valence-electron chi connectivity index (χ1n) is 13.2. The Bertz CT molecular complexity index is 1240. The van der Waals surface area contributed by atoms with Gasteiger partial charge in [-0.25, -0.2) is 4.68 Å². The molecule has 0 spiro atoms. The molecule has 3 aromatic rings. The molecule has 1 N–H and O–H groups in total. The third kappa shape index (κ3) is 4.45. The van der Waals surface area contributed by atoms with Gasteiger partial charge in [-0.2, -0.15) is 5.10 Å². The van der Waals surface area contributed by atoms with Gasteiger partial charge in [0, 0.05) is 35.1 Å². The molecule has 4 saturated carbocycles. The van der Waals surface area contributed by atoms with Crippen LogP contribution in [0, 0.1) is 36.5 Å². The van der Waals surface area contributed by atoms with Crippen LogP contribution in [-0.4, -0.2) is 27.2 Å². The molecule has 4 aliphatic rings. The predicted molar refractivity (Wildman–Crippen MR) is 144 cm³/mol. The highest BCUT2D eigenvalue weighted by Crippen LogP contribution is 2.57. The molecule has 2 heterocycles. The molecule has 36 heavy (non-hydrogen) atoms. The summed E-state index contributed by atoms with van der Waals surface area (Å²) in [6.45, 7) is 2.61. The van der Waals surface area contributed by atoms with Gasteiger partial charge in [0.1, 0.15) is 0 Å². The van der Waals surface area contributed by atoms with Gasteiger partial charge < -0.3 is 5.32 Å². The first kappa shape index (κ1) is 24.0. The van der Waals surface area contributed by atoms with Crippen LogP contribution >= 0.6 is 23.2 Å². The van der Waals surface area contributed by atoms with Gasteiger partial charge in [-0.3, -0.25) is 9.78 Å². The number of nitrogens with zero attached hydrogens (tertiary/aromatic N) is 3. The Morgan fingerprint density at radius 1 is 1.08 bits per heavy atom. The summed E-state index contributed by atoms with van der Waals surface area (Å²) in [5, 5.41) is 8.89. The number of hydrogen-bond donors (Lipinski definition) is 1. The van der Waals surface area contributed by atoms with E-state index in [0.717, 1.165) is 52.8 Å². The van der Waals surface area contributed by atoms with E-state index in [4.69, 9.17) is 28.3 Å². The van der Waals surface area contributed by atoms with Crippen LogP contribution in [0.4, 0.5) is 0 Å². The van der Waals surface area contributed by atoms with E-state index < -0.39 is 0 Å². The largest absolute Gasteiger partial charge is 0.351 e. The molecular formula is C29H32Cl2N4O. The summed E-state index contributed by atoms with van der Waals surface area (Å²) >= 11 is 12.7. The van der Waals surface area contributed by atoms with Crippen molar-refractivity contribution in [3.8, 4) is 16.9 Å². The minimum atomic E-state index is -0.147. The zero-order valence-electron chi connectivity index (χ0n) is 20.6. The van der Waals surface area contributed by atoms with Crippen LogP contribution in [0.5, 0.6) is 0 Å². The van der Waals surface area contributed by atoms with E-state index >= 15 is 0 Å². The van der Waals surface area contributed by atoms with Gasteiger partial charge in [0.2, 0.25) is 0 Å². The van der Waals surface area contributed by atoms with Crippen LogP contribution in [0.2, 0.25) is 10.0 Å². The maximum atomic E-state index is 13.3. The maximum Gasteiger partial charge on any atom is 0.272 e. The molecule has 1 aromatic carbocycles. The highest BCUT2D eigenvalue weighted by Gasteiger charge is 2.47. The van der Waals surface area contributed by atoms with Crippen LogP contribution < -0.4 is 5.32 Å². The van der Waals surface area contributed by atoms with Crippen LogP contribution in [0.15, 0.2) is 42.7 Å². The number of rotatable bonds is 7. The molecular weight excluding hydrogens is 491 g/mol. The van der Waals surface area contributed by atoms with Crippen molar-refractivity contribution >= 4 is 29.1 Å². The monoisotopic (exact) mass is 522 g/mol. The first-order chi connectivity index (χ1) is 17.5. The quantitative estimate of drug-likeness (QED) is 0.335. The van der Waals surface area contributed by atoms with Crippen LogP contribution in [0.1, 0.15) is 61.0 Å². The number of carbonyl (C=O) groups is 1. The van der Waals surface area contributed by atoms with Crippen LogP contribution in [0.3, 0.4) is 0 Å². The lowest BCUT2D eigenvalue weighted by Gasteiger charge is -2.54. The Hall–Kier alpha value is -2.37. The third-order valence-corrected chi connectivity index (χ3v) is 9.37. The number of aromatic nitrogens is 3. The average molecular weight is 524 g/mol. The summed E-state index contributed by atoms with van der Waals surface area (Å²) in [7, 11) is 0. The number of nitrogens with one attached hydrogen (secondary N) is 1. The normalized spacial score (nSPS) is 26.4. The summed E-state index contributed by atoms with van der Waals surface area (Å²) in [5.41, 5.74) is 3.55. The molecule has 0 aliphatic heterocycles. The molecule has 7 rings (SSSR count). The standard InChI is InChI=1S/C29H32Cl2N4O/c1-17-27(29(36)33-9-3-5-24-21-11-18-10-19(13-21)14-22(24)12-18)34-35(26-7-6-23(30)15-25(26)31)28(17)20-4-2-8-32-16-20/h2,4,6-8,15-16,18-19,21-22,24H,3,5,9-14H2,1H3,(H,33,36). The summed E-state index contributed by atoms with van der Waals surface area (Å²) < 4.78 is 1.73. The molecule has 0 saturated heterocycles. The second-order valence-corrected chi connectivity index (χ2v) is 11.9. The molecule has 188 valence electrons. The molecule has 0 unspecified atom stereocenters. The number of amides is 1. The van der Waals surface area contributed by atoms with E-state index in [-0.39, 0.29) is 5.91 Å². The van der Waals surface area contributed by atoms with E-state index in [1.54, 1.807) is 29.2 Å². The van der Waals surface area contributed by atoms with Gasteiger partial charge in [0.15, 0.2) is 5.69 Å².